The van der Waals surface area contributed by atoms with Crippen LogP contribution in [0.3, 0.4) is 0 Å². The summed E-state index contributed by atoms with van der Waals surface area (Å²) < 4.78 is 5.97. The predicted molar refractivity (Wildman–Crippen MR) is 97.5 cm³/mol. The van der Waals surface area contributed by atoms with Gasteiger partial charge in [0.2, 0.25) is 0 Å². The van der Waals surface area contributed by atoms with Gasteiger partial charge in [-0.25, -0.2) is 0 Å². The maximum absolute atomic E-state index is 12.7. The Morgan fingerprint density at radius 2 is 2.12 bits per heavy atom. The van der Waals surface area contributed by atoms with Gasteiger partial charge in [0.05, 0.1) is 0 Å². The zero-order chi connectivity index (χ0) is 17.8. The Bertz CT molecular complexity index is 723. The quantitative estimate of drug-likeness (QED) is 0.909. The van der Waals surface area contributed by atoms with E-state index in [4.69, 9.17) is 10.5 Å². The van der Waals surface area contributed by atoms with Gasteiger partial charge >= 0.3 is 0 Å². The summed E-state index contributed by atoms with van der Waals surface area (Å²) in [6.45, 7) is 6.62. The van der Waals surface area contributed by atoms with Crippen molar-refractivity contribution in [1.29, 1.82) is 0 Å². The van der Waals surface area contributed by atoms with Crippen LogP contribution >= 0.6 is 0 Å². The Labute approximate surface area is 148 Å². The van der Waals surface area contributed by atoms with Crippen LogP contribution in [0, 0.1) is 19.8 Å². The van der Waals surface area contributed by atoms with Crippen molar-refractivity contribution in [3.8, 4) is 5.75 Å². The number of hydrogen-bond acceptors (Lipinski definition) is 4. The first kappa shape index (κ1) is 17.4. The molecular formula is C20H25N3O2. The van der Waals surface area contributed by atoms with E-state index in [-0.39, 0.29) is 5.91 Å². The van der Waals surface area contributed by atoms with Gasteiger partial charge in [0.25, 0.3) is 5.91 Å². The fourth-order valence-corrected chi connectivity index (χ4v) is 3.33. The summed E-state index contributed by atoms with van der Waals surface area (Å²) >= 11 is 0. The van der Waals surface area contributed by atoms with Gasteiger partial charge in [-0.1, -0.05) is 6.07 Å². The summed E-state index contributed by atoms with van der Waals surface area (Å²) in [5.74, 6) is 1.34. The maximum Gasteiger partial charge on any atom is 0.253 e. The summed E-state index contributed by atoms with van der Waals surface area (Å²) in [5.41, 5.74) is 9.42. The van der Waals surface area contributed by atoms with Gasteiger partial charge in [-0.05, 0) is 62.1 Å². The van der Waals surface area contributed by atoms with E-state index in [1.54, 1.807) is 12.4 Å². The third-order valence-electron chi connectivity index (χ3n) is 4.72. The molecule has 1 aliphatic rings. The van der Waals surface area contributed by atoms with Crippen molar-refractivity contribution < 1.29 is 9.53 Å². The number of ether oxygens (including phenoxy) is 1. The number of pyridine rings is 1. The molecule has 0 aliphatic carbocycles. The van der Waals surface area contributed by atoms with E-state index in [0.717, 1.165) is 47.5 Å². The lowest BCUT2D eigenvalue weighted by Gasteiger charge is -2.19. The van der Waals surface area contributed by atoms with E-state index in [9.17, 15) is 4.79 Å². The molecule has 2 aromatic rings. The van der Waals surface area contributed by atoms with Gasteiger partial charge in [0, 0.05) is 36.6 Å². The van der Waals surface area contributed by atoms with Gasteiger partial charge in [0.1, 0.15) is 12.4 Å². The minimum absolute atomic E-state index is 0.0842. The van der Waals surface area contributed by atoms with E-state index in [1.807, 2.05) is 43.0 Å². The van der Waals surface area contributed by atoms with Crippen molar-refractivity contribution in [1.82, 2.24) is 9.88 Å². The number of amides is 1. The summed E-state index contributed by atoms with van der Waals surface area (Å²) in [6.07, 6.45) is 4.53. The molecule has 5 nitrogen and oxygen atoms in total. The van der Waals surface area contributed by atoms with Crippen molar-refractivity contribution in [2.45, 2.75) is 26.9 Å². The highest BCUT2D eigenvalue weighted by Crippen LogP contribution is 2.27. The number of rotatable bonds is 5. The monoisotopic (exact) mass is 339 g/mol. The van der Waals surface area contributed by atoms with Crippen LogP contribution in [0.2, 0.25) is 0 Å². The van der Waals surface area contributed by atoms with Crippen molar-refractivity contribution in [2.75, 3.05) is 19.6 Å². The highest BCUT2D eigenvalue weighted by Gasteiger charge is 2.26. The minimum atomic E-state index is 0.0842. The highest BCUT2D eigenvalue weighted by molar-refractivity contribution is 5.95. The Hall–Kier alpha value is -2.40. The molecule has 2 heterocycles. The van der Waals surface area contributed by atoms with Gasteiger partial charge in [0.15, 0.2) is 0 Å². The first-order chi connectivity index (χ1) is 12.1. The second-order valence-electron chi connectivity index (χ2n) is 6.73. The largest absolute Gasteiger partial charge is 0.488 e. The van der Waals surface area contributed by atoms with Crippen LogP contribution in [0.15, 0.2) is 36.7 Å². The van der Waals surface area contributed by atoms with E-state index in [0.29, 0.717) is 19.1 Å². The van der Waals surface area contributed by atoms with Gasteiger partial charge in [-0.15, -0.1) is 0 Å². The summed E-state index contributed by atoms with van der Waals surface area (Å²) in [5, 5.41) is 0. The lowest BCUT2D eigenvalue weighted by Crippen LogP contribution is -2.30. The molecule has 0 bridgehead atoms. The fraction of sp³-hybridized carbons (Fsp3) is 0.400. The molecule has 1 fully saturated rings. The maximum atomic E-state index is 12.7. The number of likely N-dealkylation sites (tertiary alicyclic amines) is 1. The van der Waals surface area contributed by atoms with E-state index in [2.05, 4.69) is 4.98 Å². The molecule has 3 rings (SSSR count). The van der Waals surface area contributed by atoms with Crippen molar-refractivity contribution in [3.63, 3.8) is 0 Å². The number of hydrogen-bond donors (Lipinski definition) is 1. The smallest absolute Gasteiger partial charge is 0.253 e. The Morgan fingerprint density at radius 1 is 1.36 bits per heavy atom. The molecule has 132 valence electrons. The molecule has 0 radical (unpaired) electrons. The third-order valence-corrected chi connectivity index (χ3v) is 4.72. The molecule has 0 spiro atoms. The number of benzene rings is 1. The molecule has 1 amide bonds. The second-order valence-corrected chi connectivity index (χ2v) is 6.73. The first-order valence-corrected chi connectivity index (χ1v) is 8.70. The molecule has 0 saturated carbocycles. The fourth-order valence-electron chi connectivity index (χ4n) is 3.33. The van der Waals surface area contributed by atoms with Crippen LogP contribution in [0.4, 0.5) is 0 Å². The van der Waals surface area contributed by atoms with Crippen LogP contribution in [0.25, 0.3) is 0 Å². The molecule has 0 unspecified atom stereocenters. The lowest BCUT2D eigenvalue weighted by atomic mass is 10.0. The van der Waals surface area contributed by atoms with Gasteiger partial charge in [-0.2, -0.15) is 0 Å². The van der Waals surface area contributed by atoms with E-state index in [1.165, 1.54) is 0 Å². The van der Waals surface area contributed by atoms with Gasteiger partial charge in [-0.3, -0.25) is 9.78 Å². The van der Waals surface area contributed by atoms with E-state index < -0.39 is 0 Å². The topological polar surface area (TPSA) is 68.5 Å². The molecule has 1 saturated heterocycles. The third kappa shape index (κ3) is 3.99. The normalized spacial score (nSPS) is 16.9. The molecule has 5 heteroatoms. The summed E-state index contributed by atoms with van der Waals surface area (Å²) in [7, 11) is 0. The van der Waals surface area contributed by atoms with Crippen molar-refractivity contribution >= 4 is 5.91 Å². The van der Waals surface area contributed by atoms with E-state index >= 15 is 0 Å². The zero-order valence-corrected chi connectivity index (χ0v) is 14.9. The number of aryl methyl sites for hydroxylation is 2. The Kier molecular flexibility index (Phi) is 5.34. The van der Waals surface area contributed by atoms with Crippen LogP contribution in [0.5, 0.6) is 5.75 Å². The molecule has 1 aromatic heterocycles. The van der Waals surface area contributed by atoms with Crippen LogP contribution in [-0.2, 0) is 6.61 Å². The van der Waals surface area contributed by atoms with Crippen LogP contribution in [-0.4, -0.2) is 35.4 Å². The first-order valence-electron chi connectivity index (χ1n) is 8.70. The van der Waals surface area contributed by atoms with Crippen molar-refractivity contribution in [2.24, 2.45) is 11.7 Å². The summed E-state index contributed by atoms with van der Waals surface area (Å²) in [6, 6.07) is 7.72. The molecule has 1 aliphatic heterocycles. The molecule has 1 atom stereocenters. The number of nitrogens with zero attached hydrogens (tertiary/aromatic N) is 2. The molecule has 1 aromatic carbocycles. The molecular weight excluding hydrogens is 314 g/mol. The zero-order valence-electron chi connectivity index (χ0n) is 14.9. The average molecular weight is 339 g/mol. The Morgan fingerprint density at radius 3 is 2.72 bits per heavy atom. The molecule has 2 N–H and O–H groups in total. The SMILES string of the molecule is Cc1cc(C(=O)N2CC[C@@H](CN)C2)cc(C)c1OCc1cccnc1. The molecule has 25 heavy (non-hydrogen) atoms. The average Bonchev–Trinajstić information content (AvgIpc) is 3.10. The number of carbonyl (C=O) groups excluding carboxylic acids is 1. The van der Waals surface area contributed by atoms with Crippen LogP contribution < -0.4 is 10.5 Å². The summed E-state index contributed by atoms with van der Waals surface area (Å²) in [4.78, 5) is 18.7. The number of nitrogens with two attached hydrogens (primary N) is 1. The second kappa shape index (κ2) is 7.66. The standard InChI is InChI=1S/C20H25N3O2/c1-14-8-18(20(24)23-7-5-16(10-21)12-23)9-15(2)19(14)25-13-17-4-3-6-22-11-17/h3-4,6,8-9,11,16H,5,7,10,12-13,21H2,1-2H3/t16-/m0/s1. The van der Waals surface area contributed by atoms with Crippen LogP contribution in [0.1, 0.15) is 33.5 Å². The number of aromatic nitrogens is 1. The minimum Gasteiger partial charge on any atom is -0.488 e. The Balaban J connectivity index is 1.72. The lowest BCUT2D eigenvalue weighted by molar-refractivity contribution is 0.0787. The van der Waals surface area contributed by atoms with Crippen molar-refractivity contribution in [3.05, 3.63) is 58.9 Å². The predicted octanol–water partition coefficient (Wildman–Crippen LogP) is 2.70. The highest BCUT2D eigenvalue weighted by atomic mass is 16.5. The number of carbonyl (C=O) groups is 1. The van der Waals surface area contributed by atoms with Gasteiger partial charge < -0.3 is 15.4 Å².